The van der Waals surface area contributed by atoms with Gasteiger partial charge in [-0.25, -0.2) is 4.98 Å². The van der Waals surface area contributed by atoms with Crippen molar-refractivity contribution in [2.45, 2.75) is 32.0 Å². The molecule has 1 N–H and O–H groups in total. The van der Waals surface area contributed by atoms with Gasteiger partial charge in [-0.2, -0.15) is 13.2 Å². The van der Waals surface area contributed by atoms with Crippen LogP contribution in [0.5, 0.6) is 0 Å². The summed E-state index contributed by atoms with van der Waals surface area (Å²) in [4.78, 5) is 38.2. The molecular weight excluding hydrogens is 459 g/mol. The SMILES string of the molecule is CC(OC(=O)CCc1ncc(-c2ccccc2)o1)C(=O)Nc1ccc([N+](=O)[O-])cc1C(F)(F)F. The molecule has 1 heterocycles. The Labute approximate surface area is 190 Å². The zero-order chi connectivity index (χ0) is 24.9. The summed E-state index contributed by atoms with van der Waals surface area (Å²) in [5.74, 6) is -1.04. The van der Waals surface area contributed by atoms with E-state index in [1.807, 2.05) is 35.6 Å². The first-order valence-electron chi connectivity index (χ1n) is 9.90. The fraction of sp³-hybridized carbons (Fsp3) is 0.227. The number of hydrogen-bond acceptors (Lipinski definition) is 7. The normalized spacial score (nSPS) is 12.1. The molecule has 34 heavy (non-hydrogen) atoms. The van der Waals surface area contributed by atoms with Crippen LogP contribution >= 0.6 is 0 Å². The Morgan fingerprint density at radius 3 is 2.56 bits per heavy atom. The Bertz CT molecular complexity index is 1190. The molecule has 0 saturated heterocycles. The second-order valence-electron chi connectivity index (χ2n) is 7.09. The van der Waals surface area contributed by atoms with Crippen molar-refractivity contribution in [3.63, 3.8) is 0 Å². The van der Waals surface area contributed by atoms with Crippen LogP contribution in [0.3, 0.4) is 0 Å². The smallest absolute Gasteiger partial charge is 0.418 e. The second kappa shape index (κ2) is 10.1. The van der Waals surface area contributed by atoms with Crippen molar-refractivity contribution in [1.29, 1.82) is 0 Å². The maximum atomic E-state index is 13.3. The molecule has 1 unspecified atom stereocenters. The summed E-state index contributed by atoms with van der Waals surface area (Å²) in [5.41, 5.74) is -2.07. The number of hydrogen-bond donors (Lipinski definition) is 1. The van der Waals surface area contributed by atoms with Gasteiger partial charge < -0.3 is 14.5 Å². The maximum Gasteiger partial charge on any atom is 0.418 e. The molecule has 0 aliphatic heterocycles. The van der Waals surface area contributed by atoms with E-state index in [-0.39, 0.29) is 18.7 Å². The Morgan fingerprint density at radius 2 is 1.91 bits per heavy atom. The van der Waals surface area contributed by atoms with Crippen LogP contribution in [0.25, 0.3) is 11.3 Å². The first-order valence-corrected chi connectivity index (χ1v) is 9.90. The Kier molecular flexibility index (Phi) is 7.29. The van der Waals surface area contributed by atoms with E-state index >= 15 is 0 Å². The maximum absolute atomic E-state index is 13.3. The molecular formula is C22H18F3N3O6. The number of ether oxygens (including phenoxy) is 1. The predicted octanol–water partition coefficient (Wildman–Crippen LogP) is 4.77. The molecule has 0 fully saturated rings. The van der Waals surface area contributed by atoms with Crippen molar-refractivity contribution in [3.05, 3.63) is 76.3 Å². The van der Waals surface area contributed by atoms with Crippen LogP contribution < -0.4 is 5.32 Å². The number of carbonyl (C=O) groups is 2. The Hall–Kier alpha value is -4.22. The lowest BCUT2D eigenvalue weighted by Gasteiger charge is -2.16. The molecule has 2 aromatic carbocycles. The van der Waals surface area contributed by atoms with Gasteiger partial charge in [-0.1, -0.05) is 30.3 Å². The molecule has 3 aromatic rings. The standard InChI is InChI=1S/C22H18F3N3O6/c1-13(21(30)27-17-8-7-15(28(31)32)11-16(17)22(23,24)25)33-20(29)10-9-19-26-12-18(34-19)14-5-3-2-4-6-14/h2-8,11-13H,9-10H2,1H3,(H,27,30). The molecule has 9 nitrogen and oxygen atoms in total. The molecule has 3 rings (SSSR count). The number of benzene rings is 2. The molecule has 0 bridgehead atoms. The number of non-ortho nitro benzene ring substituents is 1. The number of nitro groups is 1. The van der Waals surface area contributed by atoms with Gasteiger partial charge in [0.1, 0.15) is 0 Å². The summed E-state index contributed by atoms with van der Waals surface area (Å²) in [7, 11) is 0. The highest BCUT2D eigenvalue weighted by atomic mass is 19.4. The fourth-order valence-electron chi connectivity index (χ4n) is 2.90. The van der Waals surface area contributed by atoms with Crippen LogP contribution in [0.4, 0.5) is 24.5 Å². The number of alkyl halides is 3. The van der Waals surface area contributed by atoms with E-state index in [1.165, 1.54) is 13.1 Å². The van der Waals surface area contributed by atoms with Gasteiger partial charge in [0.15, 0.2) is 17.8 Å². The molecule has 0 aliphatic rings. The minimum absolute atomic E-state index is 0.0839. The Balaban J connectivity index is 1.57. The molecule has 0 aliphatic carbocycles. The van der Waals surface area contributed by atoms with Gasteiger partial charge in [0.2, 0.25) is 0 Å². The van der Waals surface area contributed by atoms with Gasteiger partial charge >= 0.3 is 12.1 Å². The third-order valence-electron chi connectivity index (χ3n) is 4.61. The third-order valence-corrected chi connectivity index (χ3v) is 4.61. The number of halogens is 3. The number of amides is 1. The summed E-state index contributed by atoms with van der Waals surface area (Å²) in [6.07, 6.45) is -4.97. The lowest BCUT2D eigenvalue weighted by Crippen LogP contribution is -2.31. The van der Waals surface area contributed by atoms with Gasteiger partial charge in [0, 0.05) is 24.1 Å². The fourth-order valence-corrected chi connectivity index (χ4v) is 2.90. The minimum atomic E-state index is -4.96. The van der Waals surface area contributed by atoms with Crippen LogP contribution in [0.15, 0.2) is 59.1 Å². The molecule has 0 radical (unpaired) electrons. The number of esters is 1. The number of aryl methyl sites for hydroxylation is 1. The van der Waals surface area contributed by atoms with Gasteiger partial charge in [-0.3, -0.25) is 19.7 Å². The number of nitrogens with zero attached hydrogens (tertiary/aromatic N) is 2. The summed E-state index contributed by atoms with van der Waals surface area (Å²) < 4.78 is 50.3. The Morgan fingerprint density at radius 1 is 1.21 bits per heavy atom. The predicted molar refractivity (Wildman–Crippen MR) is 113 cm³/mol. The molecule has 178 valence electrons. The van der Waals surface area contributed by atoms with Crippen molar-refractivity contribution in [3.8, 4) is 11.3 Å². The summed E-state index contributed by atoms with van der Waals surface area (Å²) in [5, 5.41) is 12.8. The van der Waals surface area contributed by atoms with Crippen LogP contribution in [-0.2, 0) is 26.9 Å². The third kappa shape index (κ3) is 6.18. The number of carbonyl (C=O) groups excluding carboxylic acids is 2. The van der Waals surface area contributed by atoms with Gasteiger partial charge in [-0.15, -0.1) is 0 Å². The number of nitrogens with one attached hydrogen (secondary N) is 1. The van der Waals surface area contributed by atoms with E-state index in [2.05, 4.69) is 4.98 Å². The largest absolute Gasteiger partial charge is 0.453 e. The van der Waals surface area contributed by atoms with E-state index in [4.69, 9.17) is 9.15 Å². The van der Waals surface area contributed by atoms with E-state index in [0.29, 0.717) is 11.8 Å². The van der Waals surface area contributed by atoms with Crippen LogP contribution in [0, 0.1) is 10.1 Å². The number of rotatable bonds is 8. The molecule has 0 spiro atoms. The minimum Gasteiger partial charge on any atom is -0.453 e. The van der Waals surface area contributed by atoms with Crippen molar-refractivity contribution in [2.24, 2.45) is 0 Å². The van der Waals surface area contributed by atoms with Crippen molar-refractivity contribution in [1.82, 2.24) is 4.98 Å². The van der Waals surface area contributed by atoms with Crippen molar-refractivity contribution >= 4 is 23.3 Å². The monoisotopic (exact) mass is 477 g/mol. The highest BCUT2D eigenvalue weighted by Gasteiger charge is 2.36. The van der Waals surface area contributed by atoms with E-state index < -0.39 is 46.0 Å². The highest BCUT2D eigenvalue weighted by Crippen LogP contribution is 2.37. The molecule has 1 aromatic heterocycles. The average Bonchev–Trinajstić information content (AvgIpc) is 3.27. The number of oxazole rings is 1. The quantitative estimate of drug-likeness (QED) is 0.281. The first kappa shape index (κ1) is 24.4. The van der Waals surface area contributed by atoms with Crippen LogP contribution in [0.1, 0.15) is 24.8 Å². The number of aromatic nitrogens is 1. The van der Waals surface area contributed by atoms with Crippen LogP contribution in [0.2, 0.25) is 0 Å². The summed E-state index contributed by atoms with van der Waals surface area (Å²) in [6.45, 7) is 1.19. The average molecular weight is 477 g/mol. The lowest BCUT2D eigenvalue weighted by molar-refractivity contribution is -0.385. The van der Waals surface area contributed by atoms with Crippen molar-refractivity contribution in [2.75, 3.05) is 5.32 Å². The summed E-state index contributed by atoms with van der Waals surface area (Å²) >= 11 is 0. The zero-order valence-corrected chi connectivity index (χ0v) is 17.7. The van der Waals surface area contributed by atoms with E-state index in [9.17, 15) is 32.9 Å². The summed E-state index contributed by atoms with van der Waals surface area (Å²) in [6, 6.07) is 11.1. The number of nitro benzene ring substituents is 1. The van der Waals surface area contributed by atoms with Crippen molar-refractivity contribution < 1.29 is 36.8 Å². The van der Waals surface area contributed by atoms with Gasteiger partial charge in [-0.05, 0) is 13.0 Å². The molecule has 12 heteroatoms. The number of anilines is 1. The van der Waals surface area contributed by atoms with E-state index in [1.54, 1.807) is 0 Å². The second-order valence-corrected chi connectivity index (χ2v) is 7.09. The molecule has 0 saturated carbocycles. The van der Waals surface area contributed by atoms with Gasteiger partial charge in [0.05, 0.1) is 28.8 Å². The topological polar surface area (TPSA) is 125 Å². The highest BCUT2D eigenvalue weighted by molar-refractivity contribution is 5.96. The van der Waals surface area contributed by atoms with Gasteiger partial charge in [0.25, 0.3) is 11.6 Å². The van der Waals surface area contributed by atoms with Crippen LogP contribution in [-0.4, -0.2) is 27.9 Å². The first-order chi connectivity index (χ1) is 16.0. The molecule has 1 atom stereocenters. The zero-order valence-electron chi connectivity index (χ0n) is 17.7. The lowest BCUT2D eigenvalue weighted by atomic mass is 10.1. The molecule has 1 amide bonds. The van der Waals surface area contributed by atoms with E-state index in [0.717, 1.165) is 17.7 Å².